The summed E-state index contributed by atoms with van der Waals surface area (Å²) in [6, 6.07) is 12.3. The molecule has 5 rings (SSSR count). The molecule has 2 N–H and O–H groups in total. The van der Waals surface area contributed by atoms with Crippen LogP contribution in [0.25, 0.3) is 11.2 Å². The van der Waals surface area contributed by atoms with E-state index in [0.717, 1.165) is 26.9 Å². The van der Waals surface area contributed by atoms with Crippen molar-refractivity contribution >= 4 is 56.8 Å². The molecule has 0 bridgehead atoms. The number of anilines is 2. The summed E-state index contributed by atoms with van der Waals surface area (Å²) < 4.78 is 2.16. The lowest BCUT2D eigenvalue weighted by Gasteiger charge is -2.31. The van der Waals surface area contributed by atoms with Crippen LogP contribution in [0.2, 0.25) is 0 Å². The van der Waals surface area contributed by atoms with Gasteiger partial charge >= 0.3 is 0 Å². The molecule has 4 aromatic rings. The minimum absolute atomic E-state index is 0.0808. The summed E-state index contributed by atoms with van der Waals surface area (Å²) in [5.41, 5.74) is 2.51. The van der Waals surface area contributed by atoms with Gasteiger partial charge in [-0.15, -0.1) is 11.3 Å². The molecule has 0 radical (unpaired) electrons. The number of para-hydroxylation sites is 1. The number of hydrogen-bond donors (Lipinski definition) is 2. The molecular formula is C18H15N7S2. The number of nitrogens with one attached hydrogen (secondary N) is 2. The molecular weight excluding hydrogens is 378 g/mol. The summed E-state index contributed by atoms with van der Waals surface area (Å²) in [7, 11) is 0. The number of aromatic nitrogens is 4. The highest BCUT2D eigenvalue weighted by Gasteiger charge is 2.28. The molecule has 0 saturated heterocycles. The molecule has 1 aromatic carbocycles. The topological polar surface area (TPSA) is 82.1 Å². The molecule has 0 aliphatic carbocycles. The van der Waals surface area contributed by atoms with Gasteiger partial charge in [0.15, 0.2) is 11.5 Å². The van der Waals surface area contributed by atoms with Crippen LogP contribution in [0.4, 0.5) is 16.5 Å². The van der Waals surface area contributed by atoms with E-state index in [-0.39, 0.29) is 6.04 Å². The standard InChI is InChI=1S/C18H15N7S2/c1-11(23-16-14-15(20-9-19-14)21-10-22-16)17-24-18-13(7-8-26-18)27-25(17)12-5-3-2-4-6-12/h2-11H,1H3,(H2,19,20,21,22,23)/t11-/m0/s1. The van der Waals surface area contributed by atoms with Crippen LogP contribution < -0.4 is 9.62 Å². The summed E-state index contributed by atoms with van der Waals surface area (Å²) in [6.07, 6.45) is 3.15. The minimum Gasteiger partial charge on any atom is -0.358 e. The molecule has 1 aliphatic heterocycles. The zero-order valence-electron chi connectivity index (χ0n) is 14.3. The van der Waals surface area contributed by atoms with Gasteiger partial charge < -0.3 is 10.3 Å². The van der Waals surface area contributed by atoms with Crippen molar-refractivity contribution in [3.05, 3.63) is 54.4 Å². The molecule has 1 atom stereocenters. The fourth-order valence-electron chi connectivity index (χ4n) is 2.90. The first-order chi connectivity index (χ1) is 13.3. The van der Waals surface area contributed by atoms with Crippen LogP contribution in [0.1, 0.15) is 6.92 Å². The van der Waals surface area contributed by atoms with Gasteiger partial charge in [-0.1, -0.05) is 18.2 Å². The largest absolute Gasteiger partial charge is 0.358 e. The number of aliphatic imine (C=N–C) groups is 1. The Morgan fingerprint density at radius 2 is 2.00 bits per heavy atom. The second kappa shape index (κ2) is 6.67. The van der Waals surface area contributed by atoms with E-state index in [1.54, 1.807) is 29.6 Å². The Kier molecular flexibility index (Phi) is 4.02. The third-order valence-electron chi connectivity index (χ3n) is 4.17. The fourth-order valence-corrected chi connectivity index (χ4v) is 4.87. The average molecular weight is 394 g/mol. The van der Waals surface area contributed by atoms with Crippen LogP contribution in [0, 0.1) is 0 Å². The number of nitrogens with zero attached hydrogens (tertiary/aromatic N) is 5. The predicted octanol–water partition coefficient (Wildman–Crippen LogP) is 4.47. The number of amidine groups is 1. The monoisotopic (exact) mass is 393 g/mol. The lowest BCUT2D eigenvalue weighted by molar-refractivity contribution is 1.00. The first-order valence-electron chi connectivity index (χ1n) is 8.39. The van der Waals surface area contributed by atoms with E-state index in [4.69, 9.17) is 4.99 Å². The van der Waals surface area contributed by atoms with Crippen molar-refractivity contribution in [3.63, 3.8) is 0 Å². The Morgan fingerprint density at radius 1 is 1.11 bits per heavy atom. The smallest absolute Gasteiger partial charge is 0.162 e. The van der Waals surface area contributed by atoms with Gasteiger partial charge in [0.25, 0.3) is 0 Å². The van der Waals surface area contributed by atoms with Gasteiger partial charge in [0.1, 0.15) is 22.7 Å². The molecule has 7 nitrogen and oxygen atoms in total. The number of H-pyrrole nitrogens is 1. The van der Waals surface area contributed by atoms with Gasteiger partial charge in [-0.2, -0.15) is 0 Å². The third-order valence-corrected chi connectivity index (χ3v) is 6.21. The maximum atomic E-state index is 4.93. The zero-order valence-corrected chi connectivity index (χ0v) is 16.0. The molecule has 27 heavy (non-hydrogen) atoms. The molecule has 0 fully saturated rings. The number of fused-ring (bicyclic) bond motifs is 2. The van der Waals surface area contributed by atoms with E-state index in [1.165, 1.54) is 6.33 Å². The highest BCUT2D eigenvalue weighted by atomic mass is 32.2. The summed E-state index contributed by atoms with van der Waals surface area (Å²) in [4.78, 5) is 22.0. The predicted molar refractivity (Wildman–Crippen MR) is 111 cm³/mol. The number of thiophene rings is 1. The maximum absolute atomic E-state index is 4.93. The second-order valence-corrected chi connectivity index (χ2v) is 7.85. The van der Waals surface area contributed by atoms with Crippen molar-refractivity contribution in [1.29, 1.82) is 0 Å². The number of benzene rings is 1. The first kappa shape index (κ1) is 16.3. The van der Waals surface area contributed by atoms with Gasteiger partial charge in [0, 0.05) is 0 Å². The second-order valence-electron chi connectivity index (χ2n) is 5.97. The number of hydrogen-bond acceptors (Lipinski definition) is 8. The van der Waals surface area contributed by atoms with Crippen LogP contribution in [-0.2, 0) is 0 Å². The summed E-state index contributed by atoms with van der Waals surface area (Å²) >= 11 is 3.34. The minimum atomic E-state index is -0.0808. The van der Waals surface area contributed by atoms with Gasteiger partial charge in [0.05, 0.1) is 23.0 Å². The van der Waals surface area contributed by atoms with Crippen molar-refractivity contribution < 1.29 is 0 Å². The van der Waals surface area contributed by atoms with Crippen molar-refractivity contribution in [2.45, 2.75) is 17.9 Å². The van der Waals surface area contributed by atoms with Crippen LogP contribution >= 0.6 is 23.3 Å². The molecule has 0 spiro atoms. The van der Waals surface area contributed by atoms with Gasteiger partial charge in [-0.3, -0.25) is 4.31 Å². The Balaban J connectivity index is 1.53. The Labute approximate surface area is 163 Å². The zero-order chi connectivity index (χ0) is 18.2. The quantitative estimate of drug-likeness (QED) is 0.498. The Bertz CT molecular complexity index is 1120. The molecule has 0 saturated carbocycles. The molecule has 0 amide bonds. The van der Waals surface area contributed by atoms with Crippen molar-refractivity contribution in [2.75, 3.05) is 9.62 Å². The van der Waals surface area contributed by atoms with Crippen molar-refractivity contribution in [3.8, 4) is 0 Å². The normalized spacial score (nSPS) is 14.7. The van der Waals surface area contributed by atoms with E-state index in [2.05, 4.69) is 60.1 Å². The summed E-state index contributed by atoms with van der Waals surface area (Å²) in [6.45, 7) is 2.08. The third kappa shape index (κ3) is 2.94. The van der Waals surface area contributed by atoms with Crippen molar-refractivity contribution in [2.24, 2.45) is 4.99 Å². The SMILES string of the molecule is C[C@H](Nc1ncnc2[nH]cnc12)C1=Nc2sccc2SN1c1ccccc1. The van der Waals surface area contributed by atoms with Gasteiger partial charge in [-0.05, 0) is 42.5 Å². The van der Waals surface area contributed by atoms with Gasteiger partial charge in [-0.25, -0.2) is 19.9 Å². The van der Waals surface area contributed by atoms with E-state index in [0.29, 0.717) is 11.5 Å². The van der Waals surface area contributed by atoms with E-state index in [1.807, 2.05) is 18.2 Å². The first-order valence-corrected chi connectivity index (χ1v) is 10.0. The lowest BCUT2D eigenvalue weighted by atomic mass is 10.2. The van der Waals surface area contributed by atoms with E-state index < -0.39 is 0 Å². The summed E-state index contributed by atoms with van der Waals surface area (Å²) in [5, 5.41) is 6.55. The van der Waals surface area contributed by atoms with E-state index in [9.17, 15) is 0 Å². The van der Waals surface area contributed by atoms with E-state index >= 15 is 0 Å². The number of imidazole rings is 1. The number of rotatable bonds is 4. The highest BCUT2D eigenvalue weighted by molar-refractivity contribution is 8.01. The van der Waals surface area contributed by atoms with Crippen LogP contribution in [-0.4, -0.2) is 31.8 Å². The number of aromatic amines is 1. The fraction of sp³-hybridized carbons (Fsp3) is 0.111. The molecule has 4 heterocycles. The Hall–Kier alpha value is -2.91. The Morgan fingerprint density at radius 3 is 2.89 bits per heavy atom. The maximum Gasteiger partial charge on any atom is 0.162 e. The van der Waals surface area contributed by atoms with Crippen LogP contribution in [0.5, 0.6) is 0 Å². The molecule has 3 aromatic heterocycles. The lowest BCUT2D eigenvalue weighted by Crippen LogP contribution is -2.39. The highest BCUT2D eigenvalue weighted by Crippen LogP contribution is 2.43. The van der Waals surface area contributed by atoms with Crippen LogP contribution in [0.3, 0.4) is 0 Å². The van der Waals surface area contributed by atoms with Crippen LogP contribution in [0.15, 0.2) is 64.3 Å². The summed E-state index contributed by atoms with van der Waals surface area (Å²) in [5.74, 6) is 1.61. The van der Waals surface area contributed by atoms with Crippen molar-refractivity contribution in [1.82, 2.24) is 19.9 Å². The average Bonchev–Trinajstić information content (AvgIpc) is 3.37. The molecule has 0 unspecified atom stereocenters. The van der Waals surface area contributed by atoms with Gasteiger partial charge in [0.2, 0.25) is 0 Å². The molecule has 134 valence electrons. The molecule has 9 heteroatoms. The molecule has 1 aliphatic rings.